The average molecular weight is 449 g/mol. The second-order valence-electron chi connectivity index (χ2n) is 6.57. The summed E-state index contributed by atoms with van der Waals surface area (Å²) in [5.74, 6) is 0.0910. The maximum Gasteiger partial charge on any atom is 0.341 e. The second kappa shape index (κ2) is 9.44. The predicted molar refractivity (Wildman–Crippen MR) is 120 cm³/mol. The van der Waals surface area contributed by atoms with Gasteiger partial charge in [0.25, 0.3) is 5.91 Å². The first-order valence-electron chi connectivity index (χ1n) is 9.72. The van der Waals surface area contributed by atoms with Gasteiger partial charge in [0.05, 0.1) is 13.7 Å². The van der Waals surface area contributed by atoms with Crippen LogP contribution in [0.2, 0.25) is 0 Å². The number of hydrogen-bond donors (Lipinski definition) is 1. The fraction of sp³-hybridized carbons (Fsp3) is 0.130. The van der Waals surface area contributed by atoms with Gasteiger partial charge < -0.3 is 19.3 Å². The molecule has 1 N–H and O–H groups in total. The zero-order valence-corrected chi connectivity index (χ0v) is 18.1. The van der Waals surface area contributed by atoms with E-state index in [9.17, 15) is 9.59 Å². The van der Waals surface area contributed by atoms with E-state index in [0.717, 1.165) is 5.56 Å². The maximum absolute atomic E-state index is 12.8. The van der Waals surface area contributed by atoms with E-state index in [4.69, 9.17) is 14.0 Å². The predicted octanol–water partition coefficient (Wildman–Crippen LogP) is 4.90. The molecule has 3 heterocycles. The Morgan fingerprint density at radius 1 is 1.16 bits per heavy atom. The summed E-state index contributed by atoms with van der Waals surface area (Å²) in [5, 5.41) is 8.77. The summed E-state index contributed by atoms with van der Waals surface area (Å²) in [6.45, 7) is 1.94. The molecule has 0 radical (unpaired) electrons. The van der Waals surface area contributed by atoms with Gasteiger partial charge in [-0.25, -0.2) is 4.79 Å². The summed E-state index contributed by atoms with van der Waals surface area (Å²) >= 11 is 1.23. The molecule has 32 heavy (non-hydrogen) atoms. The molecule has 1 amide bonds. The number of anilines is 1. The van der Waals surface area contributed by atoms with Crippen molar-refractivity contribution in [3.8, 4) is 28.2 Å². The molecule has 0 unspecified atom stereocenters. The molecule has 0 bridgehead atoms. The van der Waals surface area contributed by atoms with E-state index in [2.05, 4.69) is 15.5 Å². The van der Waals surface area contributed by atoms with Crippen molar-refractivity contribution in [1.29, 1.82) is 0 Å². The van der Waals surface area contributed by atoms with Crippen molar-refractivity contribution in [3.63, 3.8) is 0 Å². The molecule has 162 valence electrons. The largest absolute Gasteiger partial charge is 0.497 e. The van der Waals surface area contributed by atoms with Gasteiger partial charge in [0.15, 0.2) is 11.5 Å². The van der Waals surface area contributed by atoms with Crippen LogP contribution >= 0.6 is 11.3 Å². The molecule has 8 nitrogen and oxygen atoms in total. The highest BCUT2D eigenvalue weighted by atomic mass is 32.1. The van der Waals surface area contributed by atoms with Crippen molar-refractivity contribution in [2.75, 3.05) is 19.0 Å². The highest BCUT2D eigenvalue weighted by Gasteiger charge is 2.24. The van der Waals surface area contributed by atoms with E-state index >= 15 is 0 Å². The third-order valence-corrected chi connectivity index (χ3v) is 5.48. The summed E-state index contributed by atoms with van der Waals surface area (Å²) in [4.78, 5) is 29.6. The number of carbonyl (C=O) groups is 2. The van der Waals surface area contributed by atoms with Crippen LogP contribution in [0.3, 0.4) is 0 Å². The minimum atomic E-state index is -0.522. The Balaban J connectivity index is 1.63. The fourth-order valence-corrected chi connectivity index (χ4v) is 3.99. The van der Waals surface area contributed by atoms with Gasteiger partial charge in [-0.1, -0.05) is 17.3 Å². The van der Waals surface area contributed by atoms with Crippen LogP contribution in [0.4, 0.5) is 5.00 Å². The topological polar surface area (TPSA) is 104 Å². The number of methoxy groups -OCH3 is 1. The van der Waals surface area contributed by atoms with Gasteiger partial charge in [-0.3, -0.25) is 9.78 Å². The van der Waals surface area contributed by atoms with Crippen molar-refractivity contribution in [2.24, 2.45) is 0 Å². The van der Waals surface area contributed by atoms with Crippen molar-refractivity contribution >= 4 is 28.2 Å². The quantitative estimate of drug-likeness (QED) is 0.400. The maximum atomic E-state index is 12.8. The summed E-state index contributed by atoms with van der Waals surface area (Å²) in [6, 6.07) is 12.4. The Kier molecular flexibility index (Phi) is 6.27. The number of amides is 1. The average Bonchev–Trinajstić information content (AvgIpc) is 3.48. The van der Waals surface area contributed by atoms with E-state index in [1.54, 1.807) is 56.1 Å². The molecule has 0 saturated carbocycles. The standard InChI is InChI=1S/C23H19N3O5S/c1-3-30-23(28)20-17(14-6-8-16(29-2)9-7-14)13-32-22(20)25-21(27)18-11-19(31-26-18)15-5-4-10-24-12-15/h4-13H,3H2,1-2H3,(H,25,27). The molecule has 0 aliphatic heterocycles. The van der Waals surface area contributed by atoms with Crippen molar-refractivity contribution in [2.45, 2.75) is 6.92 Å². The molecule has 4 rings (SSSR count). The molecule has 0 saturated heterocycles. The number of carbonyl (C=O) groups excluding carboxylic acids is 2. The molecule has 0 spiro atoms. The number of pyridine rings is 1. The second-order valence-corrected chi connectivity index (χ2v) is 7.45. The number of rotatable bonds is 7. The molecule has 0 aliphatic carbocycles. The van der Waals surface area contributed by atoms with Gasteiger partial charge in [-0.15, -0.1) is 11.3 Å². The SMILES string of the molecule is CCOC(=O)c1c(-c2ccc(OC)cc2)csc1NC(=O)c1cc(-c2cccnc2)on1. The molecule has 0 fully saturated rings. The first-order valence-corrected chi connectivity index (χ1v) is 10.6. The molecular weight excluding hydrogens is 430 g/mol. The van der Waals surface area contributed by atoms with E-state index < -0.39 is 11.9 Å². The van der Waals surface area contributed by atoms with Crippen LogP contribution in [0, 0.1) is 0 Å². The van der Waals surface area contributed by atoms with E-state index in [1.807, 2.05) is 12.1 Å². The number of aromatic nitrogens is 2. The minimum absolute atomic E-state index is 0.0815. The van der Waals surface area contributed by atoms with Gasteiger partial charge in [-0.2, -0.15) is 0 Å². The summed E-state index contributed by atoms with van der Waals surface area (Å²) in [7, 11) is 1.58. The number of nitrogens with one attached hydrogen (secondary N) is 1. The van der Waals surface area contributed by atoms with Crippen LogP contribution in [0.1, 0.15) is 27.8 Å². The van der Waals surface area contributed by atoms with Gasteiger partial charge >= 0.3 is 5.97 Å². The van der Waals surface area contributed by atoms with Crippen LogP contribution in [0.5, 0.6) is 5.75 Å². The highest BCUT2D eigenvalue weighted by Crippen LogP contribution is 2.37. The third-order valence-electron chi connectivity index (χ3n) is 4.59. The highest BCUT2D eigenvalue weighted by molar-refractivity contribution is 7.15. The lowest BCUT2D eigenvalue weighted by atomic mass is 10.0. The summed E-state index contributed by atoms with van der Waals surface area (Å²) < 4.78 is 15.7. The monoisotopic (exact) mass is 449 g/mol. The Labute approximate surface area is 187 Å². The molecule has 3 aromatic heterocycles. The minimum Gasteiger partial charge on any atom is -0.497 e. The number of esters is 1. The summed E-state index contributed by atoms with van der Waals surface area (Å²) in [6.07, 6.45) is 3.25. The molecule has 9 heteroatoms. The Bertz CT molecular complexity index is 1230. The van der Waals surface area contributed by atoms with Crippen LogP contribution in [-0.2, 0) is 4.74 Å². The van der Waals surface area contributed by atoms with Crippen LogP contribution in [0.25, 0.3) is 22.5 Å². The lowest BCUT2D eigenvalue weighted by molar-refractivity contribution is 0.0529. The number of thiophene rings is 1. The molecule has 0 atom stereocenters. The third kappa shape index (κ3) is 4.37. The molecular formula is C23H19N3O5S. The Morgan fingerprint density at radius 2 is 1.97 bits per heavy atom. The molecule has 4 aromatic rings. The van der Waals surface area contributed by atoms with Crippen molar-refractivity contribution in [3.05, 3.63) is 71.5 Å². The number of nitrogens with zero attached hydrogens (tertiary/aromatic N) is 2. The van der Waals surface area contributed by atoms with Crippen molar-refractivity contribution in [1.82, 2.24) is 10.1 Å². The van der Waals surface area contributed by atoms with Crippen LogP contribution < -0.4 is 10.1 Å². The van der Waals surface area contributed by atoms with E-state index in [-0.39, 0.29) is 17.9 Å². The van der Waals surface area contributed by atoms with Crippen LogP contribution in [0.15, 0.2) is 64.8 Å². The Hall–Kier alpha value is -3.98. The molecule has 1 aromatic carbocycles. The number of benzene rings is 1. The number of hydrogen-bond acceptors (Lipinski definition) is 8. The zero-order chi connectivity index (χ0) is 22.5. The Morgan fingerprint density at radius 3 is 2.66 bits per heavy atom. The zero-order valence-electron chi connectivity index (χ0n) is 17.3. The lowest BCUT2D eigenvalue weighted by Gasteiger charge is -2.08. The normalized spacial score (nSPS) is 10.6. The van der Waals surface area contributed by atoms with Gasteiger partial charge in [0.2, 0.25) is 0 Å². The first-order chi connectivity index (χ1) is 15.6. The van der Waals surface area contributed by atoms with Crippen LogP contribution in [-0.4, -0.2) is 35.7 Å². The van der Waals surface area contributed by atoms with Gasteiger partial charge in [-0.05, 0) is 36.8 Å². The molecule has 0 aliphatic rings. The number of ether oxygens (including phenoxy) is 2. The van der Waals surface area contributed by atoms with Gasteiger partial charge in [0, 0.05) is 35.0 Å². The first kappa shape index (κ1) is 21.3. The fourth-order valence-electron chi connectivity index (χ4n) is 3.03. The van der Waals surface area contributed by atoms with E-state index in [1.165, 1.54) is 17.4 Å². The smallest absolute Gasteiger partial charge is 0.341 e. The van der Waals surface area contributed by atoms with Gasteiger partial charge in [0.1, 0.15) is 16.3 Å². The van der Waals surface area contributed by atoms with Crippen molar-refractivity contribution < 1.29 is 23.6 Å². The summed E-state index contributed by atoms with van der Waals surface area (Å²) in [5.41, 5.74) is 2.52. The van der Waals surface area contributed by atoms with E-state index in [0.29, 0.717) is 27.6 Å². The lowest BCUT2D eigenvalue weighted by Crippen LogP contribution is -2.15.